The Labute approximate surface area is 61.6 Å². The van der Waals surface area contributed by atoms with Gasteiger partial charge in [0.05, 0.1) is 0 Å². The standard InChI is InChI=1S/C8H14O2/c1-6(2)4-7(3)5-8(9)10/h7H,1,4-5H2,2-3H3,(H,9,10). The lowest BCUT2D eigenvalue weighted by Crippen LogP contribution is -2.03. The molecule has 0 fully saturated rings. The summed E-state index contributed by atoms with van der Waals surface area (Å²) in [5.74, 6) is -0.510. The van der Waals surface area contributed by atoms with Gasteiger partial charge in [-0.1, -0.05) is 12.5 Å². The summed E-state index contributed by atoms with van der Waals surface area (Å²) < 4.78 is 0. The third-order valence-corrected chi connectivity index (χ3v) is 1.22. The van der Waals surface area contributed by atoms with E-state index in [0.717, 1.165) is 12.0 Å². The number of carboxylic acid groups (broad SMARTS) is 1. The molecule has 2 nitrogen and oxygen atoms in total. The second kappa shape index (κ2) is 4.09. The van der Waals surface area contributed by atoms with Crippen molar-refractivity contribution in [1.82, 2.24) is 0 Å². The molecule has 0 spiro atoms. The van der Waals surface area contributed by atoms with Gasteiger partial charge in [-0.3, -0.25) is 4.79 Å². The molecule has 0 heterocycles. The van der Waals surface area contributed by atoms with Crippen LogP contribution in [0.5, 0.6) is 0 Å². The van der Waals surface area contributed by atoms with Crippen LogP contribution in [-0.2, 0) is 4.79 Å². The van der Waals surface area contributed by atoms with Gasteiger partial charge in [0.2, 0.25) is 0 Å². The lowest BCUT2D eigenvalue weighted by molar-refractivity contribution is -0.137. The fourth-order valence-corrected chi connectivity index (χ4v) is 0.965. The second-order valence-corrected chi connectivity index (χ2v) is 2.86. The molecule has 10 heavy (non-hydrogen) atoms. The lowest BCUT2D eigenvalue weighted by Gasteiger charge is -2.06. The summed E-state index contributed by atoms with van der Waals surface area (Å²) in [6.07, 6.45) is 1.05. The van der Waals surface area contributed by atoms with Crippen molar-refractivity contribution in [1.29, 1.82) is 0 Å². The summed E-state index contributed by atoms with van der Waals surface area (Å²) in [7, 11) is 0. The Morgan fingerprint density at radius 2 is 2.10 bits per heavy atom. The minimum absolute atomic E-state index is 0.218. The fourth-order valence-electron chi connectivity index (χ4n) is 0.965. The zero-order valence-electron chi connectivity index (χ0n) is 6.55. The average molecular weight is 142 g/mol. The number of hydrogen-bond donors (Lipinski definition) is 1. The zero-order chi connectivity index (χ0) is 8.15. The first-order chi connectivity index (χ1) is 4.52. The molecule has 1 N–H and O–H groups in total. The third kappa shape index (κ3) is 5.35. The van der Waals surface area contributed by atoms with Crippen molar-refractivity contribution in [3.05, 3.63) is 12.2 Å². The predicted octanol–water partition coefficient (Wildman–Crippen LogP) is 2.06. The monoisotopic (exact) mass is 142 g/mol. The van der Waals surface area contributed by atoms with Gasteiger partial charge in [-0.15, -0.1) is 6.58 Å². The Morgan fingerprint density at radius 3 is 2.40 bits per heavy atom. The average Bonchev–Trinajstić information content (AvgIpc) is 1.58. The first kappa shape index (κ1) is 9.21. The molecule has 0 aromatic rings. The number of aliphatic carboxylic acids is 1. The minimum atomic E-state index is -0.728. The number of hydrogen-bond acceptors (Lipinski definition) is 1. The van der Waals surface area contributed by atoms with Crippen molar-refractivity contribution in [3.63, 3.8) is 0 Å². The van der Waals surface area contributed by atoms with E-state index in [0.29, 0.717) is 0 Å². The van der Waals surface area contributed by atoms with Gasteiger partial charge >= 0.3 is 5.97 Å². The van der Waals surface area contributed by atoms with Crippen LogP contribution in [0, 0.1) is 5.92 Å². The van der Waals surface area contributed by atoms with Gasteiger partial charge < -0.3 is 5.11 Å². The molecule has 58 valence electrons. The quantitative estimate of drug-likeness (QED) is 0.610. The van der Waals surface area contributed by atoms with Gasteiger partial charge in [-0.05, 0) is 19.3 Å². The van der Waals surface area contributed by atoms with E-state index in [1.165, 1.54) is 0 Å². The van der Waals surface area contributed by atoms with Crippen molar-refractivity contribution >= 4 is 5.97 Å². The molecule has 0 bridgehead atoms. The molecular weight excluding hydrogens is 128 g/mol. The van der Waals surface area contributed by atoms with Gasteiger partial charge in [0.1, 0.15) is 0 Å². The number of allylic oxidation sites excluding steroid dienone is 1. The smallest absolute Gasteiger partial charge is 0.303 e. The topological polar surface area (TPSA) is 37.3 Å². The van der Waals surface area contributed by atoms with Gasteiger partial charge in [0, 0.05) is 6.42 Å². The Kier molecular flexibility index (Phi) is 3.77. The van der Waals surface area contributed by atoms with Crippen molar-refractivity contribution in [2.45, 2.75) is 26.7 Å². The maximum atomic E-state index is 10.2. The van der Waals surface area contributed by atoms with E-state index in [1.807, 2.05) is 13.8 Å². The van der Waals surface area contributed by atoms with E-state index in [-0.39, 0.29) is 12.3 Å². The summed E-state index contributed by atoms with van der Waals surface area (Å²) in [5.41, 5.74) is 1.05. The molecule has 0 aliphatic rings. The van der Waals surface area contributed by atoms with E-state index < -0.39 is 5.97 Å². The first-order valence-electron chi connectivity index (χ1n) is 3.38. The Hall–Kier alpha value is -0.790. The van der Waals surface area contributed by atoms with Crippen LogP contribution in [0.25, 0.3) is 0 Å². The molecule has 0 aliphatic carbocycles. The van der Waals surface area contributed by atoms with Crippen molar-refractivity contribution < 1.29 is 9.90 Å². The van der Waals surface area contributed by atoms with E-state index in [4.69, 9.17) is 5.11 Å². The molecular formula is C8H14O2. The van der Waals surface area contributed by atoms with E-state index in [9.17, 15) is 4.79 Å². The SMILES string of the molecule is C=C(C)CC(C)CC(=O)O. The number of carbonyl (C=O) groups is 1. The molecule has 0 radical (unpaired) electrons. The van der Waals surface area contributed by atoms with Crippen molar-refractivity contribution in [2.75, 3.05) is 0 Å². The predicted molar refractivity (Wildman–Crippen MR) is 40.8 cm³/mol. The highest BCUT2D eigenvalue weighted by Crippen LogP contribution is 2.12. The van der Waals surface area contributed by atoms with E-state index >= 15 is 0 Å². The minimum Gasteiger partial charge on any atom is -0.481 e. The van der Waals surface area contributed by atoms with Crippen molar-refractivity contribution in [3.8, 4) is 0 Å². The van der Waals surface area contributed by atoms with Gasteiger partial charge in [0.15, 0.2) is 0 Å². The van der Waals surface area contributed by atoms with Crippen LogP contribution in [-0.4, -0.2) is 11.1 Å². The van der Waals surface area contributed by atoms with Crippen LogP contribution in [0.15, 0.2) is 12.2 Å². The maximum absolute atomic E-state index is 10.2. The molecule has 0 amide bonds. The maximum Gasteiger partial charge on any atom is 0.303 e. The van der Waals surface area contributed by atoms with E-state index in [2.05, 4.69) is 6.58 Å². The van der Waals surface area contributed by atoms with Crippen LogP contribution < -0.4 is 0 Å². The largest absolute Gasteiger partial charge is 0.481 e. The highest BCUT2D eigenvalue weighted by atomic mass is 16.4. The van der Waals surface area contributed by atoms with Gasteiger partial charge in [-0.2, -0.15) is 0 Å². The Balaban J connectivity index is 3.53. The highest BCUT2D eigenvalue weighted by Gasteiger charge is 2.06. The zero-order valence-corrected chi connectivity index (χ0v) is 6.55. The van der Waals surface area contributed by atoms with Crippen LogP contribution in [0.1, 0.15) is 26.7 Å². The molecule has 0 aromatic heterocycles. The van der Waals surface area contributed by atoms with Crippen LogP contribution in [0.2, 0.25) is 0 Å². The van der Waals surface area contributed by atoms with Crippen LogP contribution >= 0.6 is 0 Å². The van der Waals surface area contributed by atoms with Gasteiger partial charge in [0.25, 0.3) is 0 Å². The normalized spacial score (nSPS) is 12.6. The number of carboxylic acids is 1. The molecule has 0 rings (SSSR count). The molecule has 0 saturated heterocycles. The summed E-state index contributed by atoms with van der Waals surface area (Å²) in [5, 5.41) is 8.37. The number of rotatable bonds is 4. The molecule has 1 unspecified atom stereocenters. The molecule has 0 aromatic carbocycles. The molecule has 0 saturated carbocycles. The fraction of sp³-hybridized carbons (Fsp3) is 0.625. The van der Waals surface area contributed by atoms with Crippen LogP contribution in [0.3, 0.4) is 0 Å². The lowest BCUT2D eigenvalue weighted by atomic mass is 10.0. The third-order valence-electron chi connectivity index (χ3n) is 1.22. The summed E-state index contributed by atoms with van der Waals surface area (Å²) >= 11 is 0. The summed E-state index contributed by atoms with van der Waals surface area (Å²) in [6, 6.07) is 0. The first-order valence-corrected chi connectivity index (χ1v) is 3.38. The molecule has 1 atom stereocenters. The Bertz CT molecular complexity index is 122. The van der Waals surface area contributed by atoms with Crippen LogP contribution in [0.4, 0.5) is 0 Å². The van der Waals surface area contributed by atoms with Gasteiger partial charge in [-0.25, -0.2) is 0 Å². The highest BCUT2D eigenvalue weighted by molar-refractivity contribution is 5.66. The Morgan fingerprint density at radius 1 is 1.60 bits per heavy atom. The summed E-state index contributed by atoms with van der Waals surface area (Å²) in [6.45, 7) is 7.54. The second-order valence-electron chi connectivity index (χ2n) is 2.86. The molecule has 0 aliphatic heterocycles. The van der Waals surface area contributed by atoms with Crippen molar-refractivity contribution in [2.24, 2.45) is 5.92 Å². The molecule has 2 heteroatoms. The summed E-state index contributed by atoms with van der Waals surface area (Å²) in [4.78, 5) is 10.2. The van der Waals surface area contributed by atoms with E-state index in [1.54, 1.807) is 0 Å².